The zero-order valence-electron chi connectivity index (χ0n) is 19.2. The first-order valence-electron chi connectivity index (χ1n) is 11.2. The summed E-state index contributed by atoms with van der Waals surface area (Å²) in [5, 5.41) is 4.50. The van der Waals surface area contributed by atoms with Gasteiger partial charge in [0.2, 0.25) is 0 Å². The Morgan fingerprint density at radius 1 is 0.853 bits per heavy atom. The summed E-state index contributed by atoms with van der Waals surface area (Å²) in [6.07, 6.45) is 3.99. The molecule has 0 bridgehead atoms. The van der Waals surface area contributed by atoms with Crippen molar-refractivity contribution in [2.24, 2.45) is 0 Å². The van der Waals surface area contributed by atoms with E-state index >= 15 is 0 Å². The van der Waals surface area contributed by atoms with E-state index in [1.165, 1.54) is 21.6 Å². The largest absolute Gasteiger partial charge is 0.366 e. The van der Waals surface area contributed by atoms with Crippen LogP contribution in [-0.4, -0.2) is 16.2 Å². The van der Waals surface area contributed by atoms with Gasteiger partial charge in [-0.25, -0.2) is 9.97 Å². The molecule has 2 aromatic heterocycles. The first-order chi connectivity index (χ1) is 16.7. The van der Waals surface area contributed by atoms with Crippen molar-refractivity contribution in [3.63, 3.8) is 0 Å². The molecular formula is C29H25N3S2. The summed E-state index contributed by atoms with van der Waals surface area (Å²) in [5.74, 6) is 0.857. The SMILES string of the molecule is CSc1ccccc1-c1nc(-c2cccc(C)c2)c(-c2ccnc(NCc3ccccc3)c2)s1. The van der Waals surface area contributed by atoms with Crippen LogP contribution in [0, 0.1) is 6.92 Å². The molecule has 0 atom stereocenters. The van der Waals surface area contributed by atoms with E-state index in [1.54, 1.807) is 23.1 Å². The van der Waals surface area contributed by atoms with E-state index in [0.29, 0.717) is 0 Å². The minimum absolute atomic E-state index is 0.733. The molecule has 34 heavy (non-hydrogen) atoms. The van der Waals surface area contributed by atoms with Gasteiger partial charge in [-0.3, -0.25) is 0 Å². The van der Waals surface area contributed by atoms with E-state index in [9.17, 15) is 0 Å². The van der Waals surface area contributed by atoms with Crippen LogP contribution in [0.3, 0.4) is 0 Å². The lowest BCUT2D eigenvalue weighted by Gasteiger charge is -2.08. The van der Waals surface area contributed by atoms with Gasteiger partial charge in [0.25, 0.3) is 0 Å². The summed E-state index contributed by atoms with van der Waals surface area (Å²) in [5.41, 5.74) is 6.89. The van der Waals surface area contributed by atoms with E-state index in [-0.39, 0.29) is 0 Å². The van der Waals surface area contributed by atoms with Crippen molar-refractivity contribution in [1.82, 2.24) is 9.97 Å². The molecule has 168 valence electrons. The van der Waals surface area contributed by atoms with Crippen LogP contribution in [0.4, 0.5) is 5.82 Å². The molecule has 0 aliphatic heterocycles. The van der Waals surface area contributed by atoms with Gasteiger partial charge >= 0.3 is 0 Å². The summed E-state index contributed by atoms with van der Waals surface area (Å²) < 4.78 is 0. The molecule has 1 N–H and O–H groups in total. The predicted octanol–water partition coefficient (Wildman–Crippen LogP) is 8.18. The summed E-state index contributed by atoms with van der Waals surface area (Å²) in [6, 6.07) is 31.6. The number of rotatable bonds is 7. The minimum atomic E-state index is 0.733. The molecule has 2 heterocycles. The topological polar surface area (TPSA) is 37.8 Å². The van der Waals surface area contributed by atoms with Crippen molar-refractivity contribution in [3.8, 4) is 32.3 Å². The van der Waals surface area contributed by atoms with Crippen molar-refractivity contribution < 1.29 is 0 Å². The van der Waals surface area contributed by atoms with Crippen LogP contribution in [-0.2, 0) is 6.54 Å². The molecular weight excluding hydrogens is 454 g/mol. The van der Waals surface area contributed by atoms with Crippen LogP contribution in [0.5, 0.6) is 0 Å². The molecule has 5 aromatic rings. The molecule has 0 aliphatic carbocycles. The number of nitrogens with one attached hydrogen (secondary N) is 1. The van der Waals surface area contributed by atoms with Crippen LogP contribution in [0.2, 0.25) is 0 Å². The molecule has 0 amide bonds. The maximum absolute atomic E-state index is 5.16. The molecule has 0 fully saturated rings. The number of benzene rings is 3. The van der Waals surface area contributed by atoms with Crippen molar-refractivity contribution in [1.29, 1.82) is 0 Å². The Kier molecular flexibility index (Phi) is 6.74. The Hall–Kier alpha value is -3.41. The first-order valence-corrected chi connectivity index (χ1v) is 13.2. The molecule has 0 aliphatic rings. The second-order valence-electron chi connectivity index (χ2n) is 8.04. The number of aryl methyl sites for hydroxylation is 1. The number of hydrogen-bond acceptors (Lipinski definition) is 5. The Morgan fingerprint density at radius 3 is 2.50 bits per heavy atom. The first kappa shape index (κ1) is 22.4. The fourth-order valence-electron chi connectivity index (χ4n) is 3.90. The highest BCUT2D eigenvalue weighted by atomic mass is 32.2. The van der Waals surface area contributed by atoms with E-state index < -0.39 is 0 Å². The summed E-state index contributed by atoms with van der Waals surface area (Å²) in [6.45, 7) is 2.86. The van der Waals surface area contributed by atoms with Gasteiger partial charge in [0, 0.05) is 28.8 Å². The predicted molar refractivity (Wildman–Crippen MR) is 147 cm³/mol. The van der Waals surface area contributed by atoms with Crippen LogP contribution >= 0.6 is 23.1 Å². The molecule has 5 rings (SSSR count). The number of aromatic nitrogens is 2. The Bertz CT molecular complexity index is 1410. The van der Waals surface area contributed by atoms with Gasteiger partial charge in [0.15, 0.2) is 0 Å². The van der Waals surface area contributed by atoms with Crippen LogP contribution in [0.1, 0.15) is 11.1 Å². The summed E-state index contributed by atoms with van der Waals surface area (Å²) in [7, 11) is 0. The average Bonchev–Trinajstić information content (AvgIpc) is 3.34. The fourth-order valence-corrected chi connectivity index (χ4v) is 5.68. The number of thioether (sulfide) groups is 1. The van der Waals surface area contributed by atoms with Crippen LogP contribution in [0.25, 0.3) is 32.3 Å². The number of nitrogens with zero attached hydrogens (tertiary/aromatic N) is 2. The standard InChI is InChI=1S/C29H25N3S2/c1-20-9-8-12-22(17-20)27-28(34-29(32-27)24-13-6-7-14-25(24)33-2)23-15-16-30-26(18-23)31-19-21-10-4-3-5-11-21/h3-18H,19H2,1-2H3,(H,30,31). The third-order valence-corrected chi connectivity index (χ3v) is 7.53. The lowest BCUT2D eigenvalue weighted by Crippen LogP contribution is -2.01. The average molecular weight is 480 g/mol. The number of anilines is 1. The second kappa shape index (κ2) is 10.2. The maximum atomic E-state index is 5.16. The third-order valence-electron chi connectivity index (χ3n) is 5.59. The number of thiazole rings is 1. The van der Waals surface area contributed by atoms with Crippen molar-refractivity contribution in [3.05, 3.63) is 108 Å². The highest BCUT2D eigenvalue weighted by molar-refractivity contribution is 7.98. The maximum Gasteiger partial charge on any atom is 0.126 e. The molecule has 3 nitrogen and oxygen atoms in total. The highest BCUT2D eigenvalue weighted by Crippen LogP contribution is 2.43. The Morgan fingerprint density at radius 2 is 1.68 bits per heavy atom. The van der Waals surface area contributed by atoms with Gasteiger partial charge in [-0.05, 0) is 48.6 Å². The molecule has 3 aromatic carbocycles. The van der Waals surface area contributed by atoms with Gasteiger partial charge in [-0.1, -0.05) is 72.3 Å². The van der Waals surface area contributed by atoms with Crippen molar-refractivity contribution in [2.75, 3.05) is 11.6 Å². The smallest absolute Gasteiger partial charge is 0.126 e. The quantitative estimate of drug-likeness (QED) is 0.239. The summed E-state index contributed by atoms with van der Waals surface area (Å²) >= 11 is 3.49. The number of hydrogen-bond donors (Lipinski definition) is 1. The van der Waals surface area contributed by atoms with Crippen molar-refractivity contribution in [2.45, 2.75) is 18.4 Å². The van der Waals surface area contributed by atoms with Gasteiger partial charge < -0.3 is 5.32 Å². The molecule has 0 unspecified atom stereocenters. The van der Waals surface area contributed by atoms with Crippen LogP contribution in [0.15, 0.2) is 102 Å². The zero-order valence-corrected chi connectivity index (χ0v) is 20.8. The third kappa shape index (κ3) is 4.91. The highest BCUT2D eigenvalue weighted by Gasteiger charge is 2.18. The van der Waals surface area contributed by atoms with Crippen LogP contribution < -0.4 is 5.32 Å². The lowest BCUT2D eigenvalue weighted by atomic mass is 10.1. The van der Waals surface area contributed by atoms with Gasteiger partial charge in [0.05, 0.1) is 10.6 Å². The second-order valence-corrected chi connectivity index (χ2v) is 9.88. The van der Waals surface area contributed by atoms with Gasteiger partial charge in [-0.15, -0.1) is 23.1 Å². The minimum Gasteiger partial charge on any atom is -0.366 e. The van der Waals surface area contributed by atoms with E-state index in [4.69, 9.17) is 4.98 Å². The van der Waals surface area contributed by atoms with Gasteiger partial charge in [-0.2, -0.15) is 0 Å². The van der Waals surface area contributed by atoms with E-state index in [2.05, 4.69) is 108 Å². The van der Waals surface area contributed by atoms with Crippen molar-refractivity contribution >= 4 is 28.9 Å². The molecule has 5 heteroatoms. The Balaban J connectivity index is 1.57. The molecule has 0 saturated heterocycles. The molecule has 0 radical (unpaired) electrons. The molecule has 0 spiro atoms. The molecule has 0 saturated carbocycles. The number of pyridine rings is 1. The monoisotopic (exact) mass is 479 g/mol. The normalized spacial score (nSPS) is 10.9. The Labute approximate surface area is 209 Å². The zero-order chi connectivity index (χ0) is 23.3. The fraction of sp³-hybridized carbons (Fsp3) is 0.103. The van der Waals surface area contributed by atoms with E-state index in [0.717, 1.165) is 39.1 Å². The van der Waals surface area contributed by atoms with E-state index in [1.807, 2.05) is 12.3 Å². The lowest BCUT2D eigenvalue weighted by molar-refractivity contribution is 1.11. The summed E-state index contributed by atoms with van der Waals surface area (Å²) in [4.78, 5) is 12.1. The van der Waals surface area contributed by atoms with Gasteiger partial charge in [0.1, 0.15) is 10.8 Å².